The van der Waals surface area contributed by atoms with Crippen molar-refractivity contribution < 1.29 is 19.4 Å². The van der Waals surface area contributed by atoms with Crippen LogP contribution in [0.25, 0.3) is 0 Å². The summed E-state index contributed by atoms with van der Waals surface area (Å²) in [5, 5.41) is 11.3. The zero-order valence-electron chi connectivity index (χ0n) is 7.45. The standard InChI is InChI=1S/C8H13NO4/c1-13-8(12)9-6-3-2-5(4-6)7(10)11/h5-6H,2-4H2,1H3,(H,9,12)(H,10,11)/t5-,6+/m0/s1. The Hall–Kier alpha value is -1.26. The number of methoxy groups -OCH3 is 1. The van der Waals surface area contributed by atoms with E-state index >= 15 is 0 Å². The predicted molar refractivity (Wildman–Crippen MR) is 44.3 cm³/mol. The zero-order chi connectivity index (χ0) is 9.84. The smallest absolute Gasteiger partial charge is 0.407 e. The van der Waals surface area contributed by atoms with Gasteiger partial charge in [-0.15, -0.1) is 0 Å². The molecule has 0 aromatic heterocycles. The molecule has 1 saturated carbocycles. The van der Waals surface area contributed by atoms with E-state index in [2.05, 4.69) is 10.1 Å². The molecular formula is C8H13NO4. The number of carbonyl (C=O) groups is 2. The Morgan fingerprint density at radius 1 is 1.46 bits per heavy atom. The first-order chi connectivity index (χ1) is 6.13. The van der Waals surface area contributed by atoms with E-state index < -0.39 is 12.1 Å². The first-order valence-electron chi connectivity index (χ1n) is 4.20. The lowest BCUT2D eigenvalue weighted by Gasteiger charge is -2.10. The number of hydrogen-bond donors (Lipinski definition) is 2. The van der Waals surface area contributed by atoms with Gasteiger partial charge in [-0.3, -0.25) is 4.79 Å². The van der Waals surface area contributed by atoms with Crippen LogP contribution in [0, 0.1) is 5.92 Å². The van der Waals surface area contributed by atoms with Crippen molar-refractivity contribution in [1.29, 1.82) is 0 Å². The number of alkyl carbamates (subject to hydrolysis) is 1. The monoisotopic (exact) mass is 187 g/mol. The summed E-state index contributed by atoms with van der Waals surface area (Å²) >= 11 is 0. The third kappa shape index (κ3) is 2.61. The van der Waals surface area contributed by atoms with Gasteiger partial charge in [0.05, 0.1) is 13.0 Å². The molecule has 0 heterocycles. The quantitative estimate of drug-likeness (QED) is 0.663. The molecule has 2 N–H and O–H groups in total. The SMILES string of the molecule is COC(=O)N[C@@H]1CC[C@H](C(=O)O)C1. The first-order valence-corrected chi connectivity index (χ1v) is 4.20. The van der Waals surface area contributed by atoms with Crippen LogP contribution in [-0.2, 0) is 9.53 Å². The fourth-order valence-corrected chi connectivity index (χ4v) is 1.56. The van der Waals surface area contributed by atoms with E-state index in [1.807, 2.05) is 0 Å². The molecule has 0 aromatic rings. The summed E-state index contributed by atoms with van der Waals surface area (Å²) in [4.78, 5) is 21.3. The maximum atomic E-state index is 10.8. The summed E-state index contributed by atoms with van der Waals surface area (Å²) in [5.74, 6) is -1.10. The van der Waals surface area contributed by atoms with Crippen LogP contribution in [-0.4, -0.2) is 30.3 Å². The Bertz CT molecular complexity index is 216. The Kier molecular flexibility index (Phi) is 3.11. The average molecular weight is 187 g/mol. The molecule has 1 aliphatic carbocycles. The maximum Gasteiger partial charge on any atom is 0.407 e. The van der Waals surface area contributed by atoms with Crippen molar-refractivity contribution in [2.45, 2.75) is 25.3 Å². The Labute approximate surface area is 76.1 Å². The van der Waals surface area contributed by atoms with Gasteiger partial charge in [-0.2, -0.15) is 0 Å². The first kappa shape index (κ1) is 9.83. The van der Waals surface area contributed by atoms with Crippen molar-refractivity contribution in [2.75, 3.05) is 7.11 Å². The number of amides is 1. The highest BCUT2D eigenvalue weighted by molar-refractivity contribution is 5.71. The van der Waals surface area contributed by atoms with E-state index in [0.717, 1.165) is 0 Å². The Balaban J connectivity index is 2.33. The molecule has 0 saturated heterocycles. The van der Waals surface area contributed by atoms with E-state index in [0.29, 0.717) is 19.3 Å². The maximum absolute atomic E-state index is 10.8. The Morgan fingerprint density at radius 3 is 2.62 bits per heavy atom. The third-order valence-corrected chi connectivity index (χ3v) is 2.29. The molecule has 0 aliphatic heterocycles. The van der Waals surface area contributed by atoms with Gasteiger partial charge in [0.15, 0.2) is 0 Å². The zero-order valence-corrected chi connectivity index (χ0v) is 7.45. The summed E-state index contributed by atoms with van der Waals surface area (Å²) in [6.45, 7) is 0. The van der Waals surface area contributed by atoms with Gasteiger partial charge in [-0.25, -0.2) is 4.79 Å². The lowest BCUT2D eigenvalue weighted by Crippen LogP contribution is -2.33. The van der Waals surface area contributed by atoms with E-state index in [1.54, 1.807) is 0 Å². The predicted octanol–water partition coefficient (Wildman–Crippen LogP) is 0.596. The van der Waals surface area contributed by atoms with Crippen LogP contribution in [0.5, 0.6) is 0 Å². The Morgan fingerprint density at radius 2 is 2.15 bits per heavy atom. The molecule has 0 aromatic carbocycles. The molecule has 1 aliphatic rings. The topological polar surface area (TPSA) is 75.6 Å². The van der Waals surface area contributed by atoms with Crippen LogP contribution in [0.1, 0.15) is 19.3 Å². The number of carboxylic acids is 1. The van der Waals surface area contributed by atoms with Crippen LogP contribution in [0.3, 0.4) is 0 Å². The number of nitrogens with one attached hydrogen (secondary N) is 1. The van der Waals surface area contributed by atoms with Crippen molar-refractivity contribution in [3.05, 3.63) is 0 Å². The molecule has 1 amide bonds. The molecule has 1 fully saturated rings. The van der Waals surface area contributed by atoms with Crippen LogP contribution >= 0.6 is 0 Å². The molecule has 13 heavy (non-hydrogen) atoms. The molecule has 0 spiro atoms. The number of hydrogen-bond acceptors (Lipinski definition) is 3. The number of ether oxygens (including phenoxy) is 1. The normalized spacial score (nSPS) is 26.8. The lowest BCUT2D eigenvalue weighted by molar-refractivity contribution is -0.141. The largest absolute Gasteiger partial charge is 0.481 e. The molecule has 0 radical (unpaired) electrons. The van der Waals surface area contributed by atoms with E-state index in [-0.39, 0.29) is 12.0 Å². The second kappa shape index (κ2) is 4.11. The molecular weight excluding hydrogens is 174 g/mol. The summed E-state index contributed by atoms with van der Waals surface area (Å²) in [7, 11) is 1.29. The minimum Gasteiger partial charge on any atom is -0.481 e. The third-order valence-electron chi connectivity index (χ3n) is 2.29. The minimum atomic E-state index is -0.783. The molecule has 5 nitrogen and oxygen atoms in total. The fraction of sp³-hybridized carbons (Fsp3) is 0.750. The van der Waals surface area contributed by atoms with Gasteiger partial charge in [-0.05, 0) is 19.3 Å². The molecule has 1 rings (SSSR count). The second-order valence-electron chi connectivity index (χ2n) is 3.18. The second-order valence-corrected chi connectivity index (χ2v) is 3.18. The average Bonchev–Trinajstić information content (AvgIpc) is 2.52. The lowest BCUT2D eigenvalue weighted by atomic mass is 10.1. The molecule has 5 heteroatoms. The fourth-order valence-electron chi connectivity index (χ4n) is 1.56. The van der Waals surface area contributed by atoms with E-state index in [1.165, 1.54) is 7.11 Å². The van der Waals surface area contributed by atoms with Crippen LogP contribution in [0.15, 0.2) is 0 Å². The van der Waals surface area contributed by atoms with Gasteiger partial charge in [0.1, 0.15) is 0 Å². The molecule has 0 bridgehead atoms. The van der Waals surface area contributed by atoms with Crippen LogP contribution < -0.4 is 5.32 Å². The van der Waals surface area contributed by atoms with Crippen LogP contribution in [0.2, 0.25) is 0 Å². The number of rotatable bonds is 2. The highest BCUT2D eigenvalue weighted by Gasteiger charge is 2.30. The molecule has 74 valence electrons. The highest BCUT2D eigenvalue weighted by atomic mass is 16.5. The number of aliphatic carboxylic acids is 1. The molecule has 2 atom stereocenters. The van der Waals surface area contributed by atoms with Gasteiger partial charge >= 0.3 is 12.1 Å². The van der Waals surface area contributed by atoms with Crippen LogP contribution in [0.4, 0.5) is 4.79 Å². The van der Waals surface area contributed by atoms with E-state index in [9.17, 15) is 9.59 Å². The summed E-state index contributed by atoms with van der Waals surface area (Å²) in [6.07, 6.45) is 1.36. The van der Waals surface area contributed by atoms with Gasteiger partial charge in [-0.1, -0.05) is 0 Å². The van der Waals surface area contributed by atoms with Gasteiger partial charge in [0.25, 0.3) is 0 Å². The van der Waals surface area contributed by atoms with Gasteiger partial charge in [0, 0.05) is 6.04 Å². The summed E-state index contributed by atoms with van der Waals surface area (Å²) in [5.41, 5.74) is 0. The van der Waals surface area contributed by atoms with Crippen molar-refractivity contribution in [2.24, 2.45) is 5.92 Å². The number of carbonyl (C=O) groups excluding carboxylic acids is 1. The highest BCUT2D eigenvalue weighted by Crippen LogP contribution is 2.25. The summed E-state index contributed by atoms with van der Waals surface area (Å²) < 4.78 is 4.41. The van der Waals surface area contributed by atoms with Crippen molar-refractivity contribution >= 4 is 12.1 Å². The summed E-state index contributed by atoms with van der Waals surface area (Å²) in [6, 6.07) is -0.0476. The van der Waals surface area contributed by atoms with Crippen molar-refractivity contribution in [3.63, 3.8) is 0 Å². The van der Waals surface area contributed by atoms with Crippen molar-refractivity contribution in [3.8, 4) is 0 Å². The molecule has 0 unspecified atom stereocenters. The van der Waals surface area contributed by atoms with Gasteiger partial charge < -0.3 is 15.2 Å². The van der Waals surface area contributed by atoms with Gasteiger partial charge in [0.2, 0.25) is 0 Å². The number of carboxylic acid groups (broad SMARTS) is 1. The minimum absolute atomic E-state index is 0.0476. The van der Waals surface area contributed by atoms with E-state index in [4.69, 9.17) is 5.11 Å². The van der Waals surface area contributed by atoms with Crippen molar-refractivity contribution in [1.82, 2.24) is 5.32 Å².